The van der Waals surface area contributed by atoms with Crippen molar-refractivity contribution in [3.63, 3.8) is 0 Å². The summed E-state index contributed by atoms with van der Waals surface area (Å²) >= 11 is 0. The summed E-state index contributed by atoms with van der Waals surface area (Å²) < 4.78 is 31.3. The molecule has 1 aliphatic heterocycles. The van der Waals surface area contributed by atoms with Crippen LogP contribution >= 0.6 is 0 Å². The Morgan fingerprint density at radius 2 is 1.87 bits per heavy atom. The maximum atomic E-state index is 14.5. The van der Waals surface area contributed by atoms with Gasteiger partial charge in [0.2, 0.25) is 0 Å². The first-order chi connectivity index (χ1) is 15.0. The average Bonchev–Trinajstić information content (AvgIpc) is 2.78. The van der Waals surface area contributed by atoms with E-state index in [1.54, 1.807) is 25.1 Å². The van der Waals surface area contributed by atoms with Gasteiger partial charge in [-0.1, -0.05) is 44.4 Å². The fourth-order valence-electron chi connectivity index (χ4n) is 3.98. The second-order valence-electron chi connectivity index (χ2n) is 8.15. The summed E-state index contributed by atoms with van der Waals surface area (Å²) in [5.41, 5.74) is 2.17. The molecule has 0 bridgehead atoms. The molecule has 0 aromatic heterocycles. The van der Waals surface area contributed by atoms with E-state index in [4.69, 9.17) is 14.2 Å². The third-order valence-corrected chi connectivity index (χ3v) is 5.87. The van der Waals surface area contributed by atoms with Crippen molar-refractivity contribution < 1.29 is 23.4 Å². The van der Waals surface area contributed by atoms with Gasteiger partial charge in [-0.2, -0.15) is 0 Å². The Morgan fingerprint density at radius 1 is 1.10 bits per heavy atom. The fourth-order valence-corrected chi connectivity index (χ4v) is 3.98. The molecule has 0 N–H and O–H groups in total. The van der Waals surface area contributed by atoms with Gasteiger partial charge in [0.1, 0.15) is 5.75 Å². The molecule has 0 radical (unpaired) electrons. The van der Waals surface area contributed by atoms with E-state index in [1.807, 2.05) is 25.1 Å². The van der Waals surface area contributed by atoms with Crippen LogP contribution in [0.3, 0.4) is 0 Å². The number of unbranched alkanes of at least 4 members (excludes halogenated alkanes) is 2. The second kappa shape index (κ2) is 11.3. The van der Waals surface area contributed by atoms with Gasteiger partial charge in [0.05, 0.1) is 25.2 Å². The van der Waals surface area contributed by atoms with Gasteiger partial charge in [0, 0.05) is 0 Å². The highest BCUT2D eigenvalue weighted by Gasteiger charge is 2.28. The molecule has 5 heteroatoms. The van der Waals surface area contributed by atoms with Crippen LogP contribution in [0.4, 0.5) is 4.39 Å². The van der Waals surface area contributed by atoms with E-state index >= 15 is 0 Å². The van der Waals surface area contributed by atoms with Gasteiger partial charge in [-0.05, 0) is 68.0 Å². The molecule has 2 aromatic carbocycles. The van der Waals surface area contributed by atoms with Gasteiger partial charge in [-0.25, -0.2) is 4.39 Å². The van der Waals surface area contributed by atoms with Crippen molar-refractivity contribution in [1.82, 2.24) is 0 Å². The van der Waals surface area contributed by atoms with Gasteiger partial charge in [0.15, 0.2) is 11.6 Å². The molecule has 1 aliphatic rings. The molecule has 3 rings (SSSR count). The Hall–Kier alpha value is -2.40. The standard InChI is InChI=1S/C26H33FO4/c1-4-6-7-8-21-12-11-20(17-30-21)26(28)31-22-13-9-19(10-14-22)23-15-16-24(29-5-2)25(27)18(23)3/h9-10,13-16,20-21H,4-8,11-12,17H2,1-3H3. The molecule has 31 heavy (non-hydrogen) atoms. The zero-order chi connectivity index (χ0) is 22.2. The normalized spacial score (nSPS) is 18.6. The smallest absolute Gasteiger partial charge is 0.316 e. The Morgan fingerprint density at radius 3 is 2.52 bits per heavy atom. The molecular weight excluding hydrogens is 395 g/mol. The molecular formula is C26H33FO4. The number of carbonyl (C=O) groups excluding carboxylic acids is 1. The number of rotatable bonds is 9. The van der Waals surface area contributed by atoms with Crippen molar-refractivity contribution in [2.75, 3.05) is 13.2 Å². The summed E-state index contributed by atoms with van der Waals surface area (Å²) in [6.07, 6.45) is 6.66. The average molecular weight is 429 g/mol. The minimum Gasteiger partial charge on any atom is -0.491 e. The highest BCUT2D eigenvalue weighted by atomic mass is 19.1. The first-order valence-electron chi connectivity index (χ1n) is 11.4. The van der Waals surface area contributed by atoms with Crippen LogP contribution in [0.2, 0.25) is 0 Å². The van der Waals surface area contributed by atoms with Crippen molar-refractivity contribution in [3.05, 3.63) is 47.8 Å². The number of hydrogen-bond acceptors (Lipinski definition) is 4. The lowest BCUT2D eigenvalue weighted by Crippen LogP contribution is -2.33. The maximum Gasteiger partial charge on any atom is 0.316 e. The minimum absolute atomic E-state index is 0.218. The van der Waals surface area contributed by atoms with E-state index in [2.05, 4.69) is 6.92 Å². The van der Waals surface area contributed by atoms with Gasteiger partial charge >= 0.3 is 5.97 Å². The summed E-state index contributed by atoms with van der Waals surface area (Å²) in [6.45, 7) is 6.60. The van der Waals surface area contributed by atoms with Crippen LogP contribution in [-0.2, 0) is 9.53 Å². The van der Waals surface area contributed by atoms with Crippen molar-refractivity contribution in [2.24, 2.45) is 5.92 Å². The monoisotopic (exact) mass is 428 g/mol. The molecule has 2 aromatic rings. The van der Waals surface area contributed by atoms with E-state index in [9.17, 15) is 9.18 Å². The molecule has 0 amide bonds. The van der Waals surface area contributed by atoms with Crippen LogP contribution < -0.4 is 9.47 Å². The summed E-state index contributed by atoms with van der Waals surface area (Å²) in [7, 11) is 0. The highest BCUT2D eigenvalue weighted by Crippen LogP contribution is 2.32. The van der Waals surface area contributed by atoms with Crippen molar-refractivity contribution >= 4 is 5.97 Å². The molecule has 2 unspecified atom stereocenters. The zero-order valence-electron chi connectivity index (χ0n) is 18.8. The van der Waals surface area contributed by atoms with Crippen LogP contribution in [0.5, 0.6) is 11.5 Å². The third-order valence-electron chi connectivity index (χ3n) is 5.87. The second-order valence-corrected chi connectivity index (χ2v) is 8.15. The van der Waals surface area contributed by atoms with E-state index in [-0.39, 0.29) is 29.6 Å². The molecule has 0 aliphatic carbocycles. The molecule has 168 valence electrons. The number of benzene rings is 2. The number of ether oxygens (including phenoxy) is 3. The number of esters is 1. The van der Waals surface area contributed by atoms with Crippen molar-refractivity contribution in [2.45, 2.75) is 65.4 Å². The van der Waals surface area contributed by atoms with Crippen LogP contribution in [0.25, 0.3) is 11.1 Å². The van der Waals surface area contributed by atoms with Crippen molar-refractivity contribution in [1.29, 1.82) is 0 Å². The Kier molecular flexibility index (Phi) is 8.47. The fraction of sp³-hybridized carbons (Fsp3) is 0.500. The van der Waals surface area contributed by atoms with Crippen LogP contribution in [0.1, 0.15) is 57.9 Å². The number of halogens is 1. The zero-order valence-corrected chi connectivity index (χ0v) is 18.8. The molecule has 1 heterocycles. The summed E-state index contributed by atoms with van der Waals surface area (Å²) in [5, 5.41) is 0. The summed E-state index contributed by atoms with van der Waals surface area (Å²) in [5.74, 6) is -0.0627. The van der Waals surface area contributed by atoms with Crippen LogP contribution in [0.15, 0.2) is 36.4 Å². The predicted molar refractivity (Wildman–Crippen MR) is 120 cm³/mol. The number of hydrogen-bond donors (Lipinski definition) is 0. The molecule has 4 nitrogen and oxygen atoms in total. The third kappa shape index (κ3) is 6.07. The van der Waals surface area contributed by atoms with E-state index in [0.29, 0.717) is 24.5 Å². The Bertz CT molecular complexity index is 854. The lowest BCUT2D eigenvalue weighted by Gasteiger charge is -2.27. The highest BCUT2D eigenvalue weighted by molar-refractivity contribution is 5.76. The van der Waals surface area contributed by atoms with Gasteiger partial charge in [-0.3, -0.25) is 4.79 Å². The first kappa shape index (κ1) is 23.3. The topological polar surface area (TPSA) is 44.8 Å². The molecule has 2 atom stereocenters. The molecule has 0 spiro atoms. The van der Waals surface area contributed by atoms with Crippen molar-refractivity contribution in [3.8, 4) is 22.6 Å². The SMILES string of the molecule is CCCCCC1CCC(C(=O)Oc2ccc(-c3ccc(OCC)c(F)c3C)cc2)CO1. The van der Waals surface area contributed by atoms with Gasteiger partial charge < -0.3 is 14.2 Å². The molecule has 1 fully saturated rings. The Labute approximate surface area is 184 Å². The summed E-state index contributed by atoms with van der Waals surface area (Å²) in [4.78, 5) is 12.5. The molecule has 0 saturated carbocycles. The maximum absolute atomic E-state index is 14.5. The molecule has 1 saturated heterocycles. The summed E-state index contributed by atoms with van der Waals surface area (Å²) in [6, 6.07) is 10.7. The van der Waals surface area contributed by atoms with Crippen LogP contribution in [-0.4, -0.2) is 25.3 Å². The van der Waals surface area contributed by atoms with E-state index in [1.165, 1.54) is 19.3 Å². The van der Waals surface area contributed by atoms with Crippen LogP contribution in [0, 0.1) is 18.7 Å². The lowest BCUT2D eigenvalue weighted by molar-refractivity contribution is -0.145. The largest absolute Gasteiger partial charge is 0.491 e. The minimum atomic E-state index is -0.347. The quantitative estimate of drug-likeness (QED) is 0.260. The predicted octanol–water partition coefficient (Wildman–Crippen LogP) is 6.48. The number of carbonyl (C=O) groups is 1. The van der Waals surface area contributed by atoms with E-state index in [0.717, 1.165) is 30.4 Å². The first-order valence-corrected chi connectivity index (χ1v) is 11.4. The van der Waals surface area contributed by atoms with Gasteiger partial charge in [0.25, 0.3) is 0 Å². The lowest BCUT2D eigenvalue weighted by atomic mass is 9.96. The van der Waals surface area contributed by atoms with Gasteiger partial charge in [-0.15, -0.1) is 0 Å². The Balaban J connectivity index is 1.56. The van der Waals surface area contributed by atoms with E-state index < -0.39 is 0 Å².